The second-order valence-electron chi connectivity index (χ2n) is 6.33. The summed E-state index contributed by atoms with van der Waals surface area (Å²) in [5.41, 5.74) is 0.281. The predicted molar refractivity (Wildman–Crippen MR) is 104 cm³/mol. The summed E-state index contributed by atoms with van der Waals surface area (Å²) < 4.78 is 51.9. The number of nitrogens with one attached hydrogen (secondary N) is 2. The number of guanidine groups is 1. The minimum Gasteiger partial charge on any atom is -0.366 e. The van der Waals surface area contributed by atoms with Gasteiger partial charge in [-0.2, -0.15) is 0 Å². The molecule has 2 rings (SSSR count). The van der Waals surface area contributed by atoms with E-state index in [1.54, 1.807) is 0 Å². The third-order valence-corrected chi connectivity index (χ3v) is 4.85. The monoisotopic (exact) mass is 403 g/mol. The van der Waals surface area contributed by atoms with Crippen LogP contribution in [0.4, 0.5) is 14.5 Å². The second kappa shape index (κ2) is 9.84. The summed E-state index contributed by atoms with van der Waals surface area (Å²) in [6.07, 6.45) is 1.72. The summed E-state index contributed by atoms with van der Waals surface area (Å²) in [7, 11) is -3.18. The molecule has 0 atom stereocenters. The summed E-state index contributed by atoms with van der Waals surface area (Å²) in [6, 6.07) is 3.48. The van der Waals surface area contributed by atoms with Gasteiger partial charge in [0.1, 0.15) is 11.6 Å². The number of aliphatic imine (C=N–C) groups is 1. The highest BCUT2D eigenvalue weighted by Crippen LogP contribution is 2.21. The second-order valence-corrected chi connectivity index (χ2v) is 8.16. The Morgan fingerprint density at radius 3 is 2.56 bits per heavy atom. The van der Waals surface area contributed by atoms with Crippen LogP contribution in [0.25, 0.3) is 0 Å². The Hall–Kier alpha value is -1.94. The Morgan fingerprint density at radius 1 is 1.22 bits per heavy atom. The average molecular weight is 403 g/mol. The summed E-state index contributed by atoms with van der Waals surface area (Å²) >= 11 is 0. The molecule has 0 saturated carbocycles. The molecule has 1 aromatic rings. The molecule has 1 saturated heterocycles. The standard InChI is InChI=1S/C17H27F2N5O2S/c1-3-20-17(21-7-4-8-22-27(2,25)26)24-11-9-23(10-12-24)16-13-14(18)5-6-15(16)19/h5-6,13,22H,3-4,7-12H2,1-2H3,(H,20,21). The summed E-state index contributed by atoms with van der Waals surface area (Å²) in [5.74, 6) is -0.133. The van der Waals surface area contributed by atoms with Crippen LogP contribution in [-0.4, -0.2) is 71.3 Å². The zero-order valence-electron chi connectivity index (χ0n) is 15.7. The van der Waals surface area contributed by atoms with Crippen LogP contribution < -0.4 is 14.9 Å². The SMILES string of the molecule is CCNC(=NCCCNS(C)(=O)=O)N1CCN(c2cc(F)ccc2F)CC1. The Bertz CT molecular complexity index is 750. The van der Waals surface area contributed by atoms with Gasteiger partial charge in [-0.3, -0.25) is 4.99 Å². The van der Waals surface area contributed by atoms with Gasteiger partial charge in [-0.1, -0.05) is 0 Å². The molecule has 0 bridgehead atoms. The average Bonchev–Trinajstić information content (AvgIpc) is 2.62. The number of hydrogen-bond donors (Lipinski definition) is 2. The minimum atomic E-state index is -3.18. The van der Waals surface area contributed by atoms with E-state index in [4.69, 9.17) is 0 Å². The fourth-order valence-corrected chi connectivity index (χ4v) is 3.35. The number of anilines is 1. The van der Waals surface area contributed by atoms with Gasteiger partial charge in [-0.05, 0) is 25.5 Å². The molecule has 1 aliphatic rings. The first kappa shape index (κ1) is 21.4. The number of piperazine rings is 1. The van der Waals surface area contributed by atoms with Crippen molar-refractivity contribution in [3.63, 3.8) is 0 Å². The molecule has 0 aliphatic carbocycles. The molecule has 0 spiro atoms. The molecule has 7 nitrogen and oxygen atoms in total. The quantitative estimate of drug-likeness (QED) is 0.403. The van der Waals surface area contributed by atoms with Crippen molar-refractivity contribution in [3.8, 4) is 0 Å². The fraction of sp³-hybridized carbons (Fsp3) is 0.588. The molecular formula is C17H27F2N5O2S. The van der Waals surface area contributed by atoms with Crippen molar-refractivity contribution >= 4 is 21.7 Å². The van der Waals surface area contributed by atoms with E-state index in [1.807, 2.05) is 11.8 Å². The number of hydrogen-bond acceptors (Lipinski definition) is 4. The summed E-state index contributed by atoms with van der Waals surface area (Å²) in [4.78, 5) is 8.43. The van der Waals surface area contributed by atoms with E-state index in [2.05, 4.69) is 19.9 Å². The van der Waals surface area contributed by atoms with E-state index in [0.717, 1.165) is 24.3 Å². The van der Waals surface area contributed by atoms with E-state index in [-0.39, 0.29) is 5.69 Å². The molecule has 0 aromatic heterocycles. The van der Waals surface area contributed by atoms with Gasteiger partial charge < -0.3 is 15.1 Å². The third-order valence-electron chi connectivity index (χ3n) is 4.12. The topological polar surface area (TPSA) is 77.0 Å². The maximum Gasteiger partial charge on any atom is 0.208 e. The Kier molecular flexibility index (Phi) is 7.78. The van der Waals surface area contributed by atoms with Gasteiger partial charge in [0.2, 0.25) is 10.0 Å². The predicted octanol–water partition coefficient (Wildman–Crippen LogP) is 0.992. The first-order chi connectivity index (χ1) is 12.8. The molecule has 152 valence electrons. The van der Waals surface area contributed by atoms with Crippen molar-refractivity contribution in [1.82, 2.24) is 14.9 Å². The van der Waals surface area contributed by atoms with Crippen LogP contribution >= 0.6 is 0 Å². The molecule has 0 radical (unpaired) electrons. The lowest BCUT2D eigenvalue weighted by Crippen LogP contribution is -2.52. The summed E-state index contributed by atoms with van der Waals surface area (Å²) in [5, 5.41) is 3.22. The van der Waals surface area contributed by atoms with Gasteiger partial charge in [0.05, 0.1) is 11.9 Å². The van der Waals surface area contributed by atoms with Crippen LogP contribution in [0.15, 0.2) is 23.2 Å². The lowest BCUT2D eigenvalue weighted by Gasteiger charge is -2.37. The van der Waals surface area contributed by atoms with Gasteiger partial charge in [-0.15, -0.1) is 0 Å². The van der Waals surface area contributed by atoms with E-state index in [1.165, 1.54) is 6.07 Å². The Morgan fingerprint density at radius 2 is 1.93 bits per heavy atom. The number of sulfonamides is 1. The Labute approximate surface area is 159 Å². The van der Waals surface area contributed by atoms with Crippen LogP contribution in [0.3, 0.4) is 0 Å². The van der Waals surface area contributed by atoms with Crippen molar-refractivity contribution in [2.75, 3.05) is 57.0 Å². The number of nitrogens with zero attached hydrogens (tertiary/aromatic N) is 3. The maximum atomic E-state index is 13.9. The fourth-order valence-electron chi connectivity index (χ4n) is 2.83. The van der Waals surface area contributed by atoms with Crippen molar-refractivity contribution in [1.29, 1.82) is 0 Å². The molecule has 1 fully saturated rings. The lowest BCUT2D eigenvalue weighted by molar-refractivity contribution is 0.370. The smallest absolute Gasteiger partial charge is 0.208 e. The molecule has 1 aromatic carbocycles. The number of benzene rings is 1. The number of rotatable bonds is 7. The van der Waals surface area contributed by atoms with Crippen LogP contribution in [0, 0.1) is 11.6 Å². The zero-order valence-corrected chi connectivity index (χ0v) is 16.5. The van der Waals surface area contributed by atoms with Gasteiger partial charge in [0.15, 0.2) is 5.96 Å². The van der Waals surface area contributed by atoms with E-state index >= 15 is 0 Å². The van der Waals surface area contributed by atoms with Crippen LogP contribution in [0.1, 0.15) is 13.3 Å². The van der Waals surface area contributed by atoms with Gasteiger partial charge >= 0.3 is 0 Å². The highest BCUT2D eigenvalue weighted by Gasteiger charge is 2.22. The molecule has 0 amide bonds. The van der Waals surface area contributed by atoms with Gasteiger partial charge in [0, 0.05) is 51.9 Å². The van der Waals surface area contributed by atoms with E-state index in [9.17, 15) is 17.2 Å². The molecule has 1 aliphatic heterocycles. The van der Waals surface area contributed by atoms with Crippen LogP contribution in [0.5, 0.6) is 0 Å². The van der Waals surface area contributed by atoms with Crippen LogP contribution in [-0.2, 0) is 10.0 Å². The van der Waals surface area contributed by atoms with Crippen LogP contribution in [0.2, 0.25) is 0 Å². The highest BCUT2D eigenvalue weighted by atomic mass is 32.2. The van der Waals surface area contributed by atoms with Crippen molar-refractivity contribution < 1.29 is 17.2 Å². The molecular weight excluding hydrogens is 376 g/mol. The van der Waals surface area contributed by atoms with Gasteiger partial charge in [-0.25, -0.2) is 21.9 Å². The third kappa shape index (κ3) is 6.94. The maximum absolute atomic E-state index is 13.9. The normalized spacial score (nSPS) is 15.9. The minimum absolute atomic E-state index is 0.281. The number of halogens is 2. The van der Waals surface area contributed by atoms with Gasteiger partial charge in [0.25, 0.3) is 0 Å². The first-order valence-corrected chi connectivity index (χ1v) is 10.9. The lowest BCUT2D eigenvalue weighted by atomic mass is 10.2. The van der Waals surface area contributed by atoms with Crippen molar-refractivity contribution in [2.45, 2.75) is 13.3 Å². The first-order valence-electron chi connectivity index (χ1n) is 8.98. The highest BCUT2D eigenvalue weighted by molar-refractivity contribution is 7.88. The molecule has 0 unspecified atom stereocenters. The molecule has 2 N–H and O–H groups in total. The van der Waals surface area contributed by atoms with E-state index < -0.39 is 21.7 Å². The Balaban J connectivity index is 1.90. The summed E-state index contributed by atoms with van der Waals surface area (Å²) in [6.45, 7) is 5.88. The van der Waals surface area contributed by atoms with E-state index in [0.29, 0.717) is 52.2 Å². The molecule has 27 heavy (non-hydrogen) atoms. The molecule has 10 heteroatoms. The van der Waals surface area contributed by atoms with Crippen molar-refractivity contribution in [2.24, 2.45) is 4.99 Å². The largest absolute Gasteiger partial charge is 0.366 e. The zero-order chi connectivity index (χ0) is 19.9. The van der Waals surface area contributed by atoms with Crippen molar-refractivity contribution in [3.05, 3.63) is 29.8 Å². The molecule has 1 heterocycles.